The maximum atomic E-state index is 6.52. The number of para-hydroxylation sites is 2. The van der Waals surface area contributed by atoms with Crippen LogP contribution in [0.2, 0.25) is 0 Å². The third-order valence-corrected chi connectivity index (χ3v) is 7.21. The molecule has 0 aliphatic rings. The normalized spacial score (nSPS) is 12.5. The van der Waals surface area contributed by atoms with E-state index in [1.807, 2.05) is 6.07 Å². The summed E-state index contributed by atoms with van der Waals surface area (Å²) in [6, 6.07) is 47.1. The van der Waals surface area contributed by atoms with Crippen molar-refractivity contribution >= 4 is 34.1 Å². The van der Waals surface area contributed by atoms with Gasteiger partial charge in [0, 0.05) is 39.7 Å². The van der Waals surface area contributed by atoms with Crippen LogP contribution < -0.4 is 15.5 Å². The van der Waals surface area contributed by atoms with Crippen molar-refractivity contribution < 1.29 is 0 Å². The van der Waals surface area contributed by atoms with Crippen molar-refractivity contribution in [1.29, 1.82) is 0 Å². The molecule has 190 valence electrons. The lowest BCUT2D eigenvalue weighted by molar-refractivity contribution is 0.476. The van der Waals surface area contributed by atoms with E-state index in [1.54, 1.807) is 0 Å². The Kier molecular flexibility index (Phi) is 7.30. The van der Waals surface area contributed by atoms with Crippen molar-refractivity contribution in [3.63, 3.8) is 0 Å². The minimum atomic E-state index is -0.339. The molecule has 0 heterocycles. The van der Waals surface area contributed by atoms with E-state index in [0.29, 0.717) is 0 Å². The van der Waals surface area contributed by atoms with Crippen molar-refractivity contribution in [2.75, 3.05) is 9.80 Å². The van der Waals surface area contributed by atoms with Crippen LogP contribution in [0, 0.1) is 6.92 Å². The fraction of sp³-hybridized carbons (Fsp3) is 0.143. The third-order valence-electron chi connectivity index (χ3n) is 7.21. The maximum absolute atomic E-state index is 6.52. The molecular weight excluding hydrogens is 462 g/mol. The lowest BCUT2D eigenvalue weighted by Gasteiger charge is -2.29. The standard InChI is InChI=1S/C35H35N3/c1-4-35(3,36)28-17-21-32(22-18-28)38(30-13-9-6-10-14-30)34-25-23-33(24-26-34)37(29-11-7-5-8-12-29)31-19-15-27(2)16-20-31/h5-26H,4,36H2,1-3H3. The molecule has 5 aromatic carbocycles. The second-order valence-corrected chi connectivity index (χ2v) is 10.0. The minimum Gasteiger partial charge on any atom is -0.322 e. The summed E-state index contributed by atoms with van der Waals surface area (Å²) < 4.78 is 0. The zero-order valence-corrected chi connectivity index (χ0v) is 22.4. The van der Waals surface area contributed by atoms with Gasteiger partial charge < -0.3 is 15.5 Å². The summed E-state index contributed by atoms with van der Waals surface area (Å²) in [5, 5.41) is 0. The summed E-state index contributed by atoms with van der Waals surface area (Å²) in [5.41, 5.74) is 15.2. The maximum Gasteiger partial charge on any atom is 0.0463 e. The highest BCUT2D eigenvalue weighted by molar-refractivity contribution is 5.81. The molecule has 0 aliphatic carbocycles. The van der Waals surface area contributed by atoms with Crippen LogP contribution in [0.1, 0.15) is 31.4 Å². The molecule has 0 aliphatic heterocycles. The summed E-state index contributed by atoms with van der Waals surface area (Å²) in [4.78, 5) is 4.57. The van der Waals surface area contributed by atoms with Gasteiger partial charge in [-0.25, -0.2) is 0 Å². The molecule has 0 radical (unpaired) electrons. The highest BCUT2D eigenvalue weighted by Crippen LogP contribution is 2.39. The average molecular weight is 498 g/mol. The number of benzene rings is 5. The third kappa shape index (κ3) is 5.34. The van der Waals surface area contributed by atoms with E-state index in [0.717, 1.165) is 46.1 Å². The van der Waals surface area contributed by atoms with Gasteiger partial charge in [0.05, 0.1) is 0 Å². The first-order valence-electron chi connectivity index (χ1n) is 13.2. The number of nitrogens with zero attached hydrogens (tertiary/aromatic N) is 2. The molecule has 3 nitrogen and oxygen atoms in total. The van der Waals surface area contributed by atoms with Gasteiger partial charge in [-0.05, 0) is 98.6 Å². The van der Waals surface area contributed by atoms with Crippen molar-refractivity contribution in [2.24, 2.45) is 5.73 Å². The summed E-state index contributed by atoms with van der Waals surface area (Å²) in [7, 11) is 0. The van der Waals surface area contributed by atoms with Crippen LogP contribution in [0.15, 0.2) is 133 Å². The van der Waals surface area contributed by atoms with Gasteiger partial charge in [-0.3, -0.25) is 0 Å². The van der Waals surface area contributed by atoms with Crippen molar-refractivity contribution in [2.45, 2.75) is 32.7 Å². The van der Waals surface area contributed by atoms with Crippen LogP contribution in [0.25, 0.3) is 0 Å². The summed E-state index contributed by atoms with van der Waals surface area (Å²) >= 11 is 0. The van der Waals surface area contributed by atoms with Gasteiger partial charge >= 0.3 is 0 Å². The predicted octanol–water partition coefficient (Wildman–Crippen LogP) is 9.52. The molecule has 3 heteroatoms. The number of anilines is 6. The zero-order valence-electron chi connectivity index (χ0n) is 22.4. The number of hydrogen-bond acceptors (Lipinski definition) is 3. The molecule has 0 amide bonds. The zero-order chi connectivity index (χ0) is 26.5. The van der Waals surface area contributed by atoms with E-state index < -0.39 is 0 Å². The molecule has 5 rings (SSSR count). The number of aryl methyl sites for hydroxylation is 1. The van der Waals surface area contributed by atoms with E-state index in [2.05, 4.69) is 158 Å². The summed E-state index contributed by atoms with van der Waals surface area (Å²) in [5.74, 6) is 0. The van der Waals surface area contributed by atoms with Crippen LogP contribution in [0.5, 0.6) is 0 Å². The summed E-state index contributed by atoms with van der Waals surface area (Å²) in [6.07, 6.45) is 0.884. The molecule has 5 aromatic rings. The van der Waals surface area contributed by atoms with Crippen LogP contribution in [-0.2, 0) is 5.54 Å². The monoisotopic (exact) mass is 497 g/mol. The molecule has 1 unspecified atom stereocenters. The second-order valence-electron chi connectivity index (χ2n) is 10.0. The van der Waals surface area contributed by atoms with Crippen LogP contribution in [0.4, 0.5) is 34.1 Å². The Morgan fingerprint density at radius 2 is 0.816 bits per heavy atom. The molecule has 0 fully saturated rings. The lowest BCUT2D eigenvalue weighted by Crippen LogP contribution is -2.31. The van der Waals surface area contributed by atoms with E-state index in [1.165, 1.54) is 5.56 Å². The molecule has 0 saturated heterocycles. The molecule has 1 atom stereocenters. The Labute approximate surface area is 226 Å². The van der Waals surface area contributed by atoms with E-state index in [4.69, 9.17) is 5.73 Å². The first kappa shape index (κ1) is 25.3. The molecule has 2 N–H and O–H groups in total. The first-order valence-corrected chi connectivity index (χ1v) is 13.2. The van der Waals surface area contributed by atoms with E-state index >= 15 is 0 Å². The molecule has 0 saturated carbocycles. The smallest absolute Gasteiger partial charge is 0.0463 e. The Morgan fingerprint density at radius 1 is 0.500 bits per heavy atom. The first-order chi connectivity index (χ1) is 18.5. The number of nitrogens with two attached hydrogens (primary N) is 1. The van der Waals surface area contributed by atoms with Crippen LogP contribution >= 0.6 is 0 Å². The molecule has 38 heavy (non-hydrogen) atoms. The highest BCUT2D eigenvalue weighted by Gasteiger charge is 2.20. The Morgan fingerprint density at radius 3 is 1.18 bits per heavy atom. The Hall–Kier alpha value is -4.34. The molecule has 0 aromatic heterocycles. The van der Waals surface area contributed by atoms with Gasteiger partial charge in [-0.2, -0.15) is 0 Å². The molecular formula is C35H35N3. The van der Waals surface area contributed by atoms with Crippen molar-refractivity contribution in [3.05, 3.63) is 145 Å². The van der Waals surface area contributed by atoms with Gasteiger partial charge in [-0.15, -0.1) is 0 Å². The Bertz CT molecular complexity index is 1440. The number of rotatable bonds is 8. The summed E-state index contributed by atoms with van der Waals surface area (Å²) in [6.45, 7) is 6.33. The van der Waals surface area contributed by atoms with Gasteiger partial charge in [0.25, 0.3) is 0 Å². The average Bonchev–Trinajstić information content (AvgIpc) is 2.97. The topological polar surface area (TPSA) is 32.5 Å². The van der Waals surface area contributed by atoms with E-state index in [9.17, 15) is 0 Å². The molecule has 0 spiro atoms. The minimum absolute atomic E-state index is 0.339. The SMILES string of the molecule is CCC(C)(N)c1ccc(N(c2ccccc2)c2ccc(N(c3ccccc3)c3ccc(C)cc3)cc2)cc1. The van der Waals surface area contributed by atoms with Gasteiger partial charge in [-0.1, -0.05) is 73.2 Å². The highest BCUT2D eigenvalue weighted by atomic mass is 15.2. The van der Waals surface area contributed by atoms with Crippen LogP contribution in [-0.4, -0.2) is 0 Å². The van der Waals surface area contributed by atoms with Gasteiger partial charge in [0.2, 0.25) is 0 Å². The van der Waals surface area contributed by atoms with Crippen LogP contribution in [0.3, 0.4) is 0 Å². The fourth-order valence-corrected chi connectivity index (χ4v) is 4.69. The lowest BCUT2D eigenvalue weighted by atomic mass is 9.90. The Balaban J connectivity index is 1.55. The van der Waals surface area contributed by atoms with Gasteiger partial charge in [0.1, 0.15) is 0 Å². The van der Waals surface area contributed by atoms with Gasteiger partial charge in [0.15, 0.2) is 0 Å². The second kappa shape index (κ2) is 11.0. The predicted molar refractivity (Wildman–Crippen MR) is 162 cm³/mol. The van der Waals surface area contributed by atoms with Crippen molar-refractivity contribution in [3.8, 4) is 0 Å². The van der Waals surface area contributed by atoms with E-state index in [-0.39, 0.29) is 5.54 Å². The fourth-order valence-electron chi connectivity index (χ4n) is 4.69. The number of hydrogen-bond donors (Lipinski definition) is 1. The van der Waals surface area contributed by atoms with Crippen molar-refractivity contribution in [1.82, 2.24) is 0 Å². The largest absolute Gasteiger partial charge is 0.322 e. The quantitative estimate of drug-likeness (QED) is 0.232. The molecule has 0 bridgehead atoms.